The van der Waals surface area contributed by atoms with E-state index in [0.29, 0.717) is 37.4 Å². The molecule has 1 heterocycles. The summed E-state index contributed by atoms with van der Waals surface area (Å²) in [4.78, 5) is 26.4. The number of anilines is 1. The van der Waals surface area contributed by atoms with E-state index >= 15 is 0 Å². The lowest BCUT2D eigenvalue weighted by molar-refractivity contribution is -0.116. The second kappa shape index (κ2) is 9.84. The van der Waals surface area contributed by atoms with Crippen LogP contribution in [0.15, 0.2) is 59.5 Å². The molecule has 1 aliphatic rings. The highest BCUT2D eigenvalue weighted by Crippen LogP contribution is 2.21. The first-order valence-electron chi connectivity index (χ1n) is 9.78. The number of likely N-dealkylation sites (N-methyl/N-ethyl adjacent to an activating group) is 1. The van der Waals surface area contributed by atoms with Crippen molar-refractivity contribution in [3.05, 3.63) is 60.2 Å². The van der Waals surface area contributed by atoms with E-state index in [9.17, 15) is 18.0 Å². The second-order valence-electron chi connectivity index (χ2n) is 7.16. The summed E-state index contributed by atoms with van der Waals surface area (Å²) in [5.74, 6) is -0.554. The summed E-state index contributed by atoms with van der Waals surface area (Å²) in [7, 11) is -1.64. The Balaban J connectivity index is 1.54. The lowest BCUT2D eigenvalue weighted by Gasteiger charge is -2.31. The lowest BCUT2D eigenvalue weighted by atomic mass is 10.2. The fourth-order valence-electron chi connectivity index (χ4n) is 3.12. The largest absolute Gasteiger partial charge is 0.352 e. The molecule has 1 saturated heterocycles. The summed E-state index contributed by atoms with van der Waals surface area (Å²) < 4.78 is 27.2. The van der Waals surface area contributed by atoms with Gasteiger partial charge in [0.05, 0.1) is 4.90 Å². The first-order valence-corrected chi connectivity index (χ1v) is 11.2. The Labute approximate surface area is 176 Å². The van der Waals surface area contributed by atoms with E-state index < -0.39 is 10.0 Å². The van der Waals surface area contributed by atoms with E-state index in [1.807, 2.05) is 13.1 Å². The molecule has 0 unspecified atom stereocenters. The third-order valence-corrected chi connectivity index (χ3v) is 6.79. The van der Waals surface area contributed by atoms with Gasteiger partial charge < -0.3 is 15.5 Å². The molecule has 0 radical (unpaired) electrons. The highest BCUT2D eigenvalue weighted by molar-refractivity contribution is 7.89. The third kappa shape index (κ3) is 5.65. The average Bonchev–Trinajstić information content (AvgIpc) is 2.75. The molecule has 0 aliphatic carbocycles. The second-order valence-corrected chi connectivity index (χ2v) is 9.09. The number of hydrogen-bond acceptors (Lipinski definition) is 5. The molecule has 0 atom stereocenters. The molecule has 160 valence electrons. The van der Waals surface area contributed by atoms with Gasteiger partial charge in [0.15, 0.2) is 0 Å². The standard InChI is InChI=1S/C21H26N4O4S/c1-24-12-14-25(15-13-24)30(28,29)19-9-5-8-18(16-19)23-20(26)10-11-22-21(27)17-6-3-2-4-7-17/h2-9,16H,10-15H2,1H3,(H,22,27)(H,23,26). The molecule has 1 fully saturated rings. The molecule has 2 aromatic carbocycles. The van der Waals surface area contributed by atoms with Crippen LogP contribution in [0.5, 0.6) is 0 Å². The van der Waals surface area contributed by atoms with Crippen molar-refractivity contribution in [1.29, 1.82) is 0 Å². The summed E-state index contributed by atoms with van der Waals surface area (Å²) in [5, 5.41) is 5.39. The highest BCUT2D eigenvalue weighted by Gasteiger charge is 2.27. The van der Waals surface area contributed by atoms with E-state index in [4.69, 9.17) is 0 Å². The van der Waals surface area contributed by atoms with Crippen molar-refractivity contribution in [3.8, 4) is 0 Å². The smallest absolute Gasteiger partial charge is 0.251 e. The lowest BCUT2D eigenvalue weighted by Crippen LogP contribution is -2.47. The van der Waals surface area contributed by atoms with Gasteiger partial charge in [0.25, 0.3) is 5.91 Å². The van der Waals surface area contributed by atoms with Gasteiger partial charge in [-0.15, -0.1) is 0 Å². The molecule has 0 spiro atoms. The van der Waals surface area contributed by atoms with Crippen LogP contribution in [0.1, 0.15) is 16.8 Å². The Bertz CT molecular complexity index is 987. The molecule has 3 rings (SSSR count). The fraction of sp³-hybridized carbons (Fsp3) is 0.333. The maximum absolute atomic E-state index is 12.9. The Kier molecular flexibility index (Phi) is 7.20. The van der Waals surface area contributed by atoms with Gasteiger partial charge in [-0.3, -0.25) is 9.59 Å². The number of nitrogens with zero attached hydrogens (tertiary/aromatic N) is 2. The zero-order chi connectivity index (χ0) is 21.6. The molecule has 9 heteroatoms. The minimum Gasteiger partial charge on any atom is -0.352 e. The summed E-state index contributed by atoms with van der Waals surface area (Å²) >= 11 is 0. The van der Waals surface area contributed by atoms with E-state index in [1.165, 1.54) is 16.4 Å². The number of benzene rings is 2. The Morgan fingerprint density at radius 2 is 1.67 bits per heavy atom. The minimum absolute atomic E-state index is 0.0774. The van der Waals surface area contributed by atoms with Crippen molar-refractivity contribution < 1.29 is 18.0 Å². The Morgan fingerprint density at radius 3 is 2.37 bits per heavy atom. The fourth-order valence-corrected chi connectivity index (χ4v) is 4.59. The highest BCUT2D eigenvalue weighted by atomic mass is 32.2. The molecule has 0 aromatic heterocycles. The Morgan fingerprint density at radius 1 is 0.967 bits per heavy atom. The number of nitrogens with one attached hydrogen (secondary N) is 2. The van der Waals surface area contributed by atoms with Gasteiger partial charge in [-0.2, -0.15) is 4.31 Å². The molecule has 2 amide bonds. The van der Waals surface area contributed by atoms with Crippen LogP contribution in [0, 0.1) is 0 Å². The van der Waals surface area contributed by atoms with Crippen molar-refractivity contribution in [2.45, 2.75) is 11.3 Å². The van der Waals surface area contributed by atoms with Crippen LogP contribution >= 0.6 is 0 Å². The number of piperazine rings is 1. The molecular weight excluding hydrogens is 404 g/mol. The summed E-state index contributed by atoms with van der Waals surface area (Å²) in [6.45, 7) is 2.43. The molecule has 30 heavy (non-hydrogen) atoms. The zero-order valence-electron chi connectivity index (χ0n) is 16.9. The summed E-state index contributed by atoms with van der Waals surface area (Å²) in [6.07, 6.45) is 0.0774. The van der Waals surface area contributed by atoms with E-state index in [1.54, 1.807) is 36.4 Å². The predicted molar refractivity (Wildman–Crippen MR) is 115 cm³/mol. The number of sulfonamides is 1. The first-order chi connectivity index (χ1) is 14.4. The van der Waals surface area contributed by atoms with Crippen molar-refractivity contribution >= 4 is 27.5 Å². The molecule has 8 nitrogen and oxygen atoms in total. The average molecular weight is 431 g/mol. The van der Waals surface area contributed by atoms with Crippen LogP contribution in [-0.2, 0) is 14.8 Å². The Hall–Kier alpha value is -2.75. The van der Waals surface area contributed by atoms with Crippen LogP contribution in [0.3, 0.4) is 0 Å². The zero-order valence-corrected chi connectivity index (χ0v) is 17.7. The minimum atomic E-state index is -3.60. The number of carbonyl (C=O) groups excluding carboxylic acids is 2. The molecule has 0 saturated carbocycles. The van der Waals surface area contributed by atoms with E-state index in [-0.39, 0.29) is 29.7 Å². The van der Waals surface area contributed by atoms with Crippen LogP contribution in [0.25, 0.3) is 0 Å². The number of amides is 2. The topological polar surface area (TPSA) is 98.8 Å². The van der Waals surface area contributed by atoms with Gasteiger partial charge >= 0.3 is 0 Å². The molecule has 1 aliphatic heterocycles. The van der Waals surface area contributed by atoms with Crippen LogP contribution < -0.4 is 10.6 Å². The maximum atomic E-state index is 12.9. The van der Waals surface area contributed by atoms with Crippen LogP contribution in [0.2, 0.25) is 0 Å². The number of hydrogen-bond donors (Lipinski definition) is 2. The summed E-state index contributed by atoms with van der Waals surface area (Å²) in [5.41, 5.74) is 0.935. The predicted octanol–water partition coefficient (Wildman–Crippen LogP) is 1.38. The van der Waals surface area contributed by atoms with Gasteiger partial charge in [-0.1, -0.05) is 24.3 Å². The molecule has 2 aromatic rings. The molecular formula is C21H26N4O4S. The summed E-state index contributed by atoms with van der Waals surface area (Å²) in [6, 6.07) is 15.0. The van der Waals surface area contributed by atoms with Crippen molar-refractivity contribution in [1.82, 2.24) is 14.5 Å². The molecule has 0 bridgehead atoms. The number of carbonyl (C=O) groups is 2. The van der Waals surface area contributed by atoms with Gasteiger partial charge in [0.1, 0.15) is 0 Å². The van der Waals surface area contributed by atoms with Gasteiger partial charge in [0.2, 0.25) is 15.9 Å². The van der Waals surface area contributed by atoms with Crippen molar-refractivity contribution in [3.63, 3.8) is 0 Å². The van der Waals surface area contributed by atoms with Crippen molar-refractivity contribution in [2.75, 3.05) is 45.1 Å². The van der Waals surface area contributed by atoms with E-state index in [0.717, 1.165) is 0 Å². The monoisotopic (exact) mass is 430 g/mol. The van der Waals surface area contributed by atoms with Gasteiger partial charge in [-0.05, 0) is 37.4 Å². The van der Waals surface area contributed by atoms with Gasteiger partial charge in [0, 0.05) is 50.4 Å². The van der Waals surface area contributed by atoms with Crippen LogP contribution in [-0.4, -0.2) is 69.2 Å². The van der Waals surface area contributed by atoms with Crippen molar-refractivity contribution in [2.24, 2.45) is 0 Å². The normalized spacial score (nSPS) is 15.5. The SMILES string of the molecule is CN1CCN(S(=O)(=O)c2cccc(NC(=O)CCNC(=O)c3ccccc3)c2)CC1. The van der Waals surface area contributed by atoms with Gasteiger partial charge in [-0.25, -0.2) is 8.42 Å². The maximum Gasteiger partial charge on any atom is 0.251 e. The van der Waals surface area contributed by atoms with Crippen LogP contribution in [0.4, 0.5) is 5.69 Å². The first kappa shape index (κ1) is 21.9. The molecule has 2 N–H and O–H groups in total. The quantitative estimate of drug-likeness (QED) is 0.692. The number of rotatable bonds is 7. The third-order valence-electron chi connectivity index (χ3n) is 4.89. The van der Waals surface area contributed by atoms with E-state index in [2.05, 4.69) is 15.5 Å².